The van der Waals surface area contributed by atoms with Crippen molar-refractivity contribution in [1.82, 2.24) is 0 Å². The Morgan fingerprint density at radius 3 is 2.35 bits per heavy atom. The van der Waals surface area contributed by atoms with Gasteiger partial charge in [0.1, 0.15) is 11.5 Å². The number of aromatic hydroxyl groups is 2. The Balaban J connectivity index is 2.57. The normalized spacial score (nSPS) is 11.1. The van der Waals surface area contributed by atoms with E-state index in [1.54, 1.807) is 24.3 Å². The van der Waals surface area contributed by atoms with Gasteiger partial charge < -0.3 is 10.2 Å². The highest BCUT2D eigenvalue weighted by molar-refractivity contribution is 7.24. The fraction of sp³-hybridized carbons (Fsp3) is 0. The van der Waals surface area contributed by atoms with E-state index in [2.05, 4.69) is 0 Å². The van der Waals surface area contributed by atoms with Gasteiger partial charge in [-0.05, 0) is 36.4 Å². The second-order valence-electron chi connectivity index (χ2n) is 3.79. The van der Waals surface area contributed by atoms with Crippen molar-refractivity contribution in [2.45, 2.75) is 0 Å². The summed E-state index contributed by atoms with van der Waals surface area (Å²) in [6.07, 6.45) is 0. The standard InChI is InChI=1S/C13H8O3S/c14-7-2-4-11-10(5-7)13(16)9-3-1-8(15)6-12(9)17-11/h1-6,14-15H. The number of fused-ring (bicyclic) bond motifs is 2. The first-order valence-electron chi connectivity index (χ1n) is 5.04. The minimum Gasteiger partial charge on any atom is -0.508 e. The molecule has 0 saturated heterocycles. The van der Waals surface area contributed by atoms with Crippen LogP contribution in [0.5, 0.6) is 11.5 Å². The Morgan fingerprint density at radius 1 is 0.824 bits per heavy atom. The number of phenols is 2. The van der Waals surface area contributed by atoms with Gasteiger partial charge in [-0.1, -0.05) is 0 Å². The quantitative estimate of drug-likeness (QED) is 0.598. The molecule has 3 nitrogen and oxygen atoms in total. The zero-order valence-corrected chi connectivity index (χ0v) is 9.49. The van der Waals surface area contributed by atoms with E-state index in [0.717, 1.165) is 9.40 Å². The van der Waals surface area contributed by atoms with Gasteiger partial charge in [-0.25, -0.2) is 0 Å². The van der Waals surface area contributed by atoms with Crippen LogP contribution in [0.1, 0.15) is 0 Å². The van der Waals surface area contributed by atoms with Crippen LogP contribution in [0.3, 0.4) is 0 Å². The van der Waals surface area contributed by atoms with Crippen LogP contribution in [0, 0.1) is 0 Å². The SMILES string of the molecule is O=c1c2ccc(O)cc2sc2ccc(O)cc12. The van der Waals surface area contributed by atoms with E-state index in [1.165, 1.54) is 23.5 Å². The second-order valence-corrected chi connectivity index (χ2v) is 4.88. The highest BCUT2D eigenvalue weighted by Crippen LogP contribution is 2.28. The zero-order valence-electron chi connectivity index (χ0n) is 8.68. The van der Waals surface area contributed by atoms with E-state index in [0.29, 0.717) is 10.8 Å². The van der Waals surface area contributed by atoms with E-state index < -0.39 is 0 Å². The van der Waals surface area contributed by atoms with Gasteiger partial charge in [-0.15, -0.1) is 11.3 Å². The van der Waals surface area contributed by atoms with Gasteiger partial charge in [0.2, 0.25) is 0 Å². The fourth-order valence-corrected chi connectivity index (χ4v) is 2.92. The molecule has 0 radical (unpaired) electrons. The minimum absolute atomic E-state index is 0.0833. The molecule has 84 valence electrons. The number of hydrogen-bond acceptors (Lipinski definition) is 4. The van der Waals surface area contributed by atoms with Crippen molar-refractivity contribution in [3.63, 3.8) is 0 Å². The third kappa shape index (κ3) is 1.54. The predicted molar refractivity (Wildman–Crippen MR) is 68.9 cm³/mol. The summed E-state index contributed by atoms with van der Waals surface area (Å²) in [7, 11) is 0. The first kappa shape index (κ1) is 10.1. The molecule has 0 saturated carbocycles. The lowest BCUT2D eigenvalue weighted by atomic mass is 10.2. The van der Waals surface area contributed by atoms with Crippen molar-refractivity contribution in [2.24, 2.45) is 0 Å². The van der Waals surface area contributed by atoms with Crippen LogP contribution in [0.15, 0.2) is 41.2 Å². The number of hydrogen-bond donors (Lipinski definition) is 2. The Bertz CT molecular complexity index is 790. The van der Waals surface area contributed by atoms with Gasteiger partial charge in [0.05, 0.1) is 0 Å². The first-order chi connectivity index (χ1) is 8.15. The van der Waals surface area contributed by atoms with E-state index in [4.69, 9.17) is 0 Å². The molecule has 2 N–H and O–H groups in total. The van der Waals surface area contributed by atoms with Crippen LogP contribution in [-0.4, -0.2) is 10.2 Å². The Morgan fingerprint density at radius 2 is 1.53 bits per heavy atom. The maximum atomic E-state index is 12.2. The van der Waals surface area contributed by atoms with Crippen LogP contribution in [0.25, 0.3) is 20.2 Å². The van der Waals surface area contributed by atoms with Gasteiger partial charge in [0.15, 0.2) is 5.43 Å². The Hall–Kier alpha value is -2.07. The van der Waals surface area contributed by atoms with Gasteiger partial charge in [0, 0.05) is 20.2 Å². The average molecular weight is 244 g/mol. The largest absolute Gasteiger partial charge is 0.508 e. The Kier molecular flexibility index (Phi) is 2.06. The van der Waals surface area contributed by atoms with Crippen molar-refractivity contribution in [3.05, 3.63) is 46.6 Å². The van der Waals surface area contributed by atoms with Crippen molar-refractivity contribution in [2.75, 3.05) is 0 Å². The monoisotopic (exact) mass is 244 g/mol. The second kappa shape index (κ2) is 3.46. The average Bonchev–Trinajstić information content (AvgIpc) is 2.30. The van der Waals surface area contributed by atoms with Gasteiger partial charge in [0.25, 0.3) is 0 Å². The summed E-state index contributed by atoms with van der Waals surface area (Å²) < 4.78 is 1.54. The van der Waals surface area contributed by atoms with Crippen LogP contribution in [0.4, 0.5) is 0 Å². The molecule has 1 heterocycles. The molecule has 0 spiro atoms. The number of rotatable bonds is 0. The summed E-state index contributed by atoms with van der Waals surface area (Å²) in [5, 5.41) is 19.9. The molecule has 0 atom stereocenters. The molecule has 3 aromatic rings. The third-order valence-electron chi connectivity index (χ3n) is 2.64. The smallest absolute Gasteiger partial charge is 0.196 e. The summed E-state index contributed by atoms with van der Waals surface area (Å²) in [5.74, 6) is 0.228. The molecule has 0 aliphatic carbocycles. The molecule has 1 aromatic heterocycles. The first-order valence-corrected chi connectivity index (χ1v) is 5.85. The minimum atomic E-state index is -0.121. The molecule has 17 heavy (non-hydrogen) atoms. The van der Waals surface area contributed by atoms with E-state index >= 15 is 0 Å². The molecule has 0 aliphatic rings. The fourth-order valence-electron chi connectivity index (χ4n) is 1.83. The molecular formula is C13H8O3S. The van der Waals surface area contributed by atoms with Crippen molar-refractivity contribution < 1.29 is 10.2 Å². The van der Waals surface area contributed by atoms with Crippen LogP contribution < -0.4 is 5.43 Å². The summed E-state index contributed by atoms with van der Waals surface area (Å²) in [5.41, 5.74) is -0.121. The summed E-state index contributed by atoms with van der Waals surface area (Å²) in [4.78, 5) is 12.2. The highest BCUT2D eigenvalue weighted by atomic mass is 32.1. The summed E-state index contributed by atoms with van der Waals surface area (Å²) in [6, 6.07) is 9.40. The van der Waals surface area contributed by atoms with Crippen molar-refractivity contribution >= 4 is 31.5 Å². The molecule has 0 aliphatic heterocycles. The van der Waals surface area contributed by atoms with Gasteiger partial charge in [-0.3, -0.25) is 4.79 Å². The van der Waals surface area contributed by atoms with E-state index in [1.807, 2.05) is 0 Å². The molecular weight excluding hydrogens is 236 g/mol. The number of phenolic OH excluding ortho intramolecular Hbond substituents is 2. The molecule has 0 unspecified atom stereocenters. The van der Waals surface area contributed by atoms with Crippen LogP contribution >= 0.6 is 11.3 Å². The summed E-state index contributed by atoms with van der Waals surface area (Å²) in [6.45, 7) is 0. The van der Waals surface area contributed by atoms with Crippen molar-refractivity contribution in [1.29, 1.82) is 0 Å². The Labute approximate surface area is 100 Å². The molecule has 2 aromatic carbocycles. The highest BCUT2D eigenvalue weighted by Gasteiger charge is 2.07. The lowest BCUT2D eigenvalue weighted by Gasteiger charge is -2.01. The van der Waals surface area contributed by atoms with Crippen molar-refractivity contribution in [3.8, 4) is 11.5 Å². The lowest BCUT2D eigenvalue weighted by Crippen LogP contribution is -2.00. The molecule has 4 heteroatoms. The summed E-state index contributed by atoms with van der Waals surface area (Å²) >= 11 is 1.42. The molecule has 0 fully saturated rings. The van der Waals surface area contributed by atoms with E-state index in [9.17, 15) is 15.0 Å². The molecule has 3 rings (SSSR count). The topological polar surface area (TPSA) is 57.5 Å². The maximum Gasteiger partial charge on any atom is 0.196 e. The van der Waals surface area contributed by atoms with Gasteiger partial charge >= 0.3 is 0 Å². The van der Waals surface area contributed by atoms with Crippen LogP contribution in [-0.2, 0) is 0 Å². The van der Waals surface area contributed by atoms with Gasteiger partial charge in [-0.2, -0.15) is 0 Å². The number of benzene rings is 2. The predicted octanol–water partition coefficient (Wildman–Crippen LogP) is 2.83. The molecule has 0 amide bonds. The van der Waals surface area contributed by atoms with Crippen LogP contribution in [0.2, 0.25) is 0 Å². The zero-order chi connectivity index (χ0) is 12.0. The molecule has 0 bridgehead atoms. The maximum absolute atomic E-state index is 12.2. The van der Waals surface area contributed by atoms with E-state index in [-0.39, 0.29) is 16.9 Å². The third-order valence-corrected chi connectivity index (χ3v) is 3.77. The lowest BCUT2D eigenvalue weighted by molar-refractivity contribution is 0.475.